The van der Waals surface area contributed by atoms with Crippen molar-refractivity contribution < 1.29 is 13.7 Å². The zero-order valence-corrected chi connectivity index (χ0v) is 18.2. The molecule has 0 bridgehead atoms. The van der Waals surface area contributed by atoms with Gasteiger partial charge in [0.1, 0.15) is 11.4 Å². The van der Waals surface area contributed by atoms with Crippen molar-refractivity contribution in [3.63, 3.8) is 0 Å². The summed E-state index contributed by atoms with van der Waals surface area (Å²) in [5, 5.41) is 3.16. The normalized spacial score (nSPS) is 26.6. The molecule has 2 aromatic rings. The van der Waals surface area contributed by atoms with Gasteiger partial charge in [0.2, 0.25) is 5.96 Å². The van der Waals surface area contributed by atoms with E-state index in [1.165, 1.54) is 15.6 Å². The van der Waals surface area contributed by atoms with Crippen LogP contribution in [-0.4, -0.2) is 44.5 Å². The second kappa shape index (κ2) is 7.67. The first-order valence-corrected chi connectivity index (χ1v) is 11.3. The summed E-state index contributed by atoms with van der Waals surface area (Å²) in [6.45, 7) is 2.33. The summed E-state index contributed by atoms with van der Waals surface area (Å²) in [7, 11) is 0.0893. The third-order valence-electron chi connectivity index (χ3n) is 4.88. The predicted octanol–water partition coefficient (Wildman–Crippen LogP) is 2.61. The molecule has 11 heteroatoms. The number of aliphatic imine (C=N–C) groups is 1. The number of nitrogens with zero attached hydrogens (tertiary/aromatic N) is 3. The summed E-state index contributed by atoms with van der Waals surface area (Å²) in [4.78, 5) is 22.7. The molecule has 4 heterocycles. The molecule has 0 radical (unpaired) electrons. The molecule has 8 nitrogen and oxygen atoms in total. The summed E-state index contributed by atoms with van der Waals surface area (Å²) in [5.41, 5.74) is 5.15. The topological polar surface area (TPSA) is 110 Å². The van der Waals surface area contributed by atoms with Gasteiger partial charge < -0.3 is 15.8 Å². The second-order valence-electron chi connectivity index (χ2n) is 6.88. The van der Waals surface area contributed by atoms with E-state index >= 15 is 0 Å². The number of aryl methyl sites for hydroxylation is 1. The quantitative estimate of drug-likeness (QED) is 0.742. The highest BCUT2D eigenvalue weighted by Crippen LogP contribution is 2.49. The molecule has 3 unspecified atom stereocenters. The zero-order chi connectivity index (χ0) is 20.8. The number of nitrogens with two attached hydrogens (primary N) is 1. The van der Waals surface area contributed by atoms with E-state index in [4.69, 9.17) is 22.1 Å². The summed E-state index contributed by atoms with van der Waals surface area (Å²) < 4.78 is 20.1. The molecule has 2 aromatic heterocycles. The van der Waals surface area contributed by atoms with Crippen molar-refractivity contribution in [1.29, 1.82) is 0 Å². The summed E-state index contributed by atoms with van der Waals surface area (Å²) >= 11 is 7.75. The average molecular weight is 454 g/mol. The van der Waals surface area contributed by atoms with Gasteiger partial charge in [-0.15, -0.1) is 11.3 Å². The number of guanidine groups is 1. The van der Waals surface area contributed by atoms with Gasteiger partial charge in [0, 0.05) is 19.3 Å². The van der Waals surface area contributed by atoms with Gasteiger partial charge in [0.05, 0.1) is 14.8 Å². The van der Waals surface area contributed by atoms with Gasteiger partial charge in [0.15, 0.2) is 16.4 Å². The standard InChI is InChI=1S/C18H20ClN5O3S2/c1-10-5-3-6-13(21-10)22-15(25)12-9-11(19)14(28-12)18-7-4-8-27-16(18)29(26)24(2)17(20)23-18/h3,5-6,9,16H,4,7-8H2,1-2H3,(H2,20,23)(H,21,22,25). The van der Waals surface area contributed by atoms with Crippen molar-refractivity contribution in [2.45, 2.75) is 30.7 Å². The predicted molar refractivity (Wildman–Crippen MR) is 114 cm³/mol. The SMILES string of the molecule is Cc1cccc(NC(=O)c2cc(Cl)c(C34CCCOC3S(=O)N(C)C(N)=N4)s2)n1. The number of thiophene rings is 1. The van der Waals surface area contributed by atoms with Gasteiger partial charge in [-0.05, 0) is 38.0 Å². The molecule has 3 N–H and O–H groups in total. The maximum atomic E-state index is 12.9. The van der Waals surface area contributed by atoms with Crippen molar-refractivity contribution in [3.8, 4) is 0 Å². The molecule has 1 saturated heterocycles. The minimum atomic E-state index is -1.52. The Morgan fingerprint density at radius 1 is 1.52 bits per heavy atom. The zero-order valence-electron chi connectivity index (χ0n) is 15.8. The lowest BCUT2D eigenvalue weighted by Crippen LogP contribution is -2.57. The number of amides is 1. The highest BCUT2D eigenvalue weighted by Gasteiger charge is 2.53. The van der Waals surface area contributed by atoms with E-state index in [-0.39, 0.29) is 11.9 Å². The monoisotopic (exact) mass is 453 g/mol. The maximum absolute atomic E-state index is 12.9. The second-order valence-corrected chi connectivity index (χ2v) is 9.87. The summed E-state index contributed by atoms with van der Waals surface area (Å²) in [6, 6.07) is 6.98. The van der Waals surface area contributed by atoms with Crippen LogP contribution in [0.3, 0.4) is 0 Å². The molecule has 2 aliphatic heterocycles. The van der Waals surface area contributed by atoms with E-state index < -0.39 is 22.0 Å². The Bertz CT molecular complexity index is 1030. The first-order valence-electron chi connectivity index (χ1n) is 8.98. The lowest BCUT2D eigenvalue weighted by atomic mass is 9.91. The highest BCUT2D eigenvalue weighted by molar-refractivity contribution is 7.83. The fourth-order valence-corrected chi connectivity index (χ4v) is 6.47. The number of ether oxygens (including phenoxy) is 1. The Labute approximate surface area is 179 Å². The summed E-state index contributed by atoms with van der Waals surface area (Å²) in [5.74, 6) is 0.294. The minimum Gasteiger partial charge on any atom is -0.369 e. The lowest BCUT2D eigenvalue weighted by Gasteiger charge is -2.44. The van der Waals surface area contributed by atoms with E-state index in [1.807, 2.05) is 19.1 Å². The lowest BCUT2D eigenvalue weighted by molar-refractivity contribution is 0.00700. The number of anilines is 1. The van der Waals surface area contributed by atoms with Crippen LogP contribution in [0.2, 0.25) is 5.02 Å². The van der Waals surface area contributed by atoms with Crippen LogP contribution in [0.1, 0.15) is 33.1 Å². The van der Waals surface area contributed by atoms with E-state index in [2.05, 4.69) is 15.3 Å². The van der Waals surface area contributed by atoms with E-state index in [1.54, 1.807) is 19.2 Å². The van der Waals surface area contributed by atoms with Gasteiger partial charge >= 0.3 is 0 Å². The molecule has 3 atom stereocenters. The first-order chi connectivity index (χ1) is 13.8. The minimum absolute atomic E-state index is 0.157. The van der Waals surface area contributed by atoms with Crippen LogP contribution >= 0.6 is 22.9 Å². The van der Waals surface area contributed by atoms with Gasteiger partial charge in [-0.1, -0.05) is 17.7 Å². The number of carbonyl (C=O) groups excluding carboxylic acids is 1. The maximum Gasteiger partial charge on any atom is 0.266 e. The van der Waals surface area contributed by atoms with Crippen LogP contribution in [0.15, 0.2) is 29.3 Å². The molecular formula is C18H20ClN5O3S2. The van der Waals surface area contributed by atoms with E-state index in [0.29, 0.717) is 33.6 Å². The van der Waals surface area contributed by atoms with Crippen molar-refractivity contribution in [3.05, 3.63) is 44.7 Å². The number of carbonyl (C=O) groups is 1. The number of hydrogen-bond acceptors (Lipinski definition) is 7. The average Bonchev–Trinajstić information content (AvgIpc) is 3.09. The molecule has 1 fully saturated rings. The number of pyridine rings is 1. The number of fused-ring (bicyclic) bond motifs is 1. The molecule has 29 heavy (non-hydrogen) atoms. The van der Waals surface area contributed by atoms with Crippen molar-refractivity contribution in [2.75, 3.05) is 19.0 Å². The Kier molecular flexibility index (Phi) is 5.36. The van der Waals surface area contributed by atoms with Gasteiger partial charge in [0.25, 0.3) is 5.91 Å². The van der Waals surface area contributed by atoms with Crippen LogP contribution in [0.5, 0.6) is 0 Å². The number of halogens is 1. The Balaban J connectivity index is 1.71. The van der Waals surface area contributed by atoms with Gasteiger partial charge in [-0.25, -0.2) is 14.2 Å². The van der Waals surface area contributed by atoms with Crippen LogP contribution < -0.4 is 11.1 Å². The highest BCUT2D eigenvalue weighted by atomic mass is 35.5. The smallest absolute Gasteiger partial charge is 0.266 e. The number of aromatic nitrogens is 1. The molecule has 0 spiro atoms. The van der Waals surface area contributed by atoms with E-state index in [0.717, 1.165) is 12.1 Å². The molecule has 154 valence electrons. The molecular weight excluding hydrogens is 434 g/mol. The largest absolute Gasteiger partial charge is 0.369 e. The van der Waals surface area contributed by atoms with E-state index in [9.17, 15) is 9.00 Å². The van der Waals surface area contributed by atoms with Gasteiger partial charge in [-0.2, -0.15) is 0 Å². The Hall–Kier alpha value is -2.01. The van der Waals surface area contributed by atoms with Crippen LogP contribution in [0.4, 0.5) is 5.82 Å². The van der Waals surface area contributed by atoms with Crippen molar-refractivity contribution >= 4 is 51.6 Å². The Morgan fingerprint density at radius 3 is 3.07 bits per heavy atom. The number of nitrogens with one attached hydrogen (secondary N) is 1. The molecule has 2 aliphatic rings. The number of rotatable bonds is 3. The van der Waals surface area contributed by atoms with Crippen molar-refractivity contribution in [1.82, 2.24) is 9.29 Å². The van der Waals surface area contributed by atoms with Crippen LogP contribution in [0, 0.1) is 6.92 Å². The number of hydrogen-bond donors (Lipinski definition) is 2. The molecule has 1 amide bonds. The molecule has 4 rings (SSSR count). The van der Waals surface area contributed by atoms with Crippen LogP contribution in [0.25, 0.3) is 0 Å². The molecule has 0 saturated carbocycles. The molecule has 0 aliphatic carbocycles. The van der Waals surface area contributed by atoms with Crippen LogP contribution in [-0.2, 0) is 21.3 Å². The molecule has 0 aromatic carbocycles. The summed E-state index contributed by atoms with van der Waals surface area (Å²) in [6.07, 6.45) is 1.30. The first kappa shape index (κ1) is 20.3. The third-order valence-corrected chi connectivity index (χ3v) is 8.21. The fraction of sp³-hybridized carbons (Fsp3) is 0.389. The van der Waals surface area contributed by atoms with Gasteiger partial charge in [-0.3, -0.25) is 9.10 Å². The van der Waals surface area contributed by atoms with Crippen molar-refractivity contribution in [2.24, 2.45) is 10.7 Å². The third kappa shape index (κ3) is 3.54. The fourth-order valence-electron chi connectivity index (χ4n) is 3.47. The Morgan fingerprint density at radius 2 is 2.31 bits per heavy atom.